The molecule has 0 aliphatic heterocycles. The van der Waals surface area contributed by atoms with Crippen molar-refractivity contribution in [2.45, 2.75) is 25.8 Å². The maximum atomic E-state index is 12.2. The fourth-order valence-electron chi connectivity index (χ4n) is 1.56. The molecule has 4 N–H and O–H groups in total. The number of nitrogens with zero attached hydrogens (tertiary/aromatic N) is 1. The fraction of sp³-hybridized carbons (Fsp3) is 0.333. The minimum absolute atomic E-state index is 0.0141. The van der Waals surface area contributed by atoms with Gasteiger partial charge in [-0.1, -0.05) is 34.4 Å². The van der Waals surface area contributed by atoms with E-state index in [0.717, 1.165) is 14.5 Å². The Morgan fingerprint density at radius 2 is 2.32 bits per heavy atom. The van der Waals surface area contributed by atoms with Crippen molar-refractivity contribution < 1.29 is 10.0 Å². The fourth-order valence-corrected chi connectivity index (χ4v) is 2.50. The van der Waals surface area contributed by atoms with E-state index in [1.807, 2.05) is 19.1 Å². The number of carbonyl (C=O) groups is 1. The molecular weight excluding hydrogens is 425 g/mol. The average Bonchev–Trinajstić information content (AvgIpc) is 2.40. The minimum atomic E-state index is -0.461. The highest BCUT2D eigenvalue weighted by atomic mass is 127. The summed E-state index contributed by atoms with van der Waals surface area (Å²) in [5, 5.41) is 14.5. The van der Waals surface area contributed by atoms with Crippen molar-refractivity contribution in [3.05, 3.63) is 31.8 Å². The number of halogens is 2. The number of oxime groups is 1. The van der Waals surface area contributed by atoms with Crippen LogP contribution in [0.3, 0.4) is 0 Å². The number of nitrogens with one attached hydrogen (secondary N) is 1. The smallest absolute Gasteiger partial charge is 0.252 e. The first-order chi connectivity index (χ1) is 8.99. The Kier molecular flexibility index (Phi) is 6.56. The van der Waals surface area contributed by atoms with Crippen LogP contribution in [0.15, 0.2) is 27.8 Å². The lowest BCUT2D eigenvalue weighted by Gasteiger charge is -2.17. The molecule has 0 saturated heterocycles. The summed E-state index contributed by atoms with van der Waals surface area (Å²) in [6.45, 7) is 1.96. The van der Waals surface area contributed by atoms with Gasteiger partial charge >= 0.3 is 0 Å². The Hall–Kier alpha value is -0.830. The van der Waals surface area contributed by atoms with Crippen molar-refractivity contribution >= 4 is 50.3 Å². The van der Waals surface area contributed by atoms with Crippen LogP contribution in [0.1, 0.15) is 30.1 Å². The van der Waals surface area contributed by atoms with Crippen molar-refractivity contribution in [1.29, 1.82) is 0 Å². The van der Waals surface area contributed by atoms with E-state index >= 15 is 0 Å². The van der Waals surface area contributed by atoms with E-state index in [9.17, 15) is 4.79 Å². The van der Waals surface area contributed by atoms with Gasteiger partial charge in [0, 0.05) is 8.04 Å². The molecule has 1 unspecified atom stereocenters. The lowest BCUT2D eigenvalue weighted by Crippen LogP contribution is -2.44. The minimum Gasteiger partial charge on any atom is -0.409 e. The predicted molar refractivity (Wildman–Crippen MR) is 86.4 cm³/mol. The van der Waals surface area contributed by atoms with Gasteiger partial charge in [0.05, 0.1) is 11.6 Å². The van der Waals surface area contributed by atoms with Gasteiger partial charge in [0.2, 0.25) is 0 Å². The van der Waals surface area contributed by atoms with E-state index in [-0.39, 0.29) is 11.7 Å². The molecule has 1 rings (SSSR count). The molecule has 19 heavy (non-hydrogen) atoms. The third kappa shape index (κ3) is 4.64. The summed E-state index contributed by atoms with van der Waals surface area (Å²) in [7, 11) is 0. The van der Waals surface area contributed by atoms with Crippen LogP contribution in [0.2, 0.25) is 0 Å². The Balaban J connectivity index is 2.90. The van der Waals surface area contributed by atoms with Gasteiger partial charge in [0.25, 0.3) is 5.91 Å². The van der Waals surface area contributed by atoms with Gasteiger partial charge < -0.3 is 16.3 Å². The summed E-state index contributed by atoms with van der Waals surface area (Å²) < 4.78 is 1.67. The standard InChI is InChI=1S/C12H15BrIN3O2/c1-2-3-10(11(15)17-19)16-12(18)8-6-7(13)4-5-9(8)14/h4-6,10,19H,2-3H2,1H3,(H2,15,17)(H,16,18). The van der Waals surface area contributed by atoms with Crippen LogP contribution in [0, 0.1) is 3.57 Å². The van der Waals surface area contributed by atoms with Crippen LogP contribution in [0.5, 0.6) is 0 Å². The summed E-state index contributed by atoms with van der Waals surface area (Å²) in [6, 6.07) is 4.99. The first kappa shape index (κ1) is 16.2. The van der Waals surface area contributed by atoms with Crippen LogP contribution >= 0.6 is 38.5 Å². The first-order valence-electron chi connectivity index (χ1n) is 5.73. The molecule has 1 aromatic rings. The Morgan fingerprint density at radius 3 is 2.89 bits per heavy atom. The zero-order valence-corrected chi connectivity index (χ0v) is 14.1. The molecule has 104 valence electrons. The van der Waals surface area contributed by atoms with Crippen LogP contribution in [-0.2, 0) is 0 Å². The summed E-state index contributed by atoms with van der Waals surface area (Å²) >= 11 is 5.43. The zero-order chi connectivity index (χ0) is 14.4. The van der Waals surface area contributed by atoms with E-state index in [2.05, 4.69) is 49.0 Å². The number of benzene rings is 1. The van der Waals surface area contributed by atoms with Crippen molar-refractivity contribution in [3.8, 4) is 0 Å². The number of amidine groups is 1. The molecule has 0 saturated carbocycles. The van der Waals surface area contributed by atoms with Crippen molar-refractivity contribution in [3.63, 3.8) is 0 Å². The lowest BCUT2D eigenvalue weighted by molar-refractivity contribution is 0.0944. The number of amides is 1. The molecule has 0 bridgehead atoms. The molecule has 0 fully saturated rings. The third-order valence-electron chi connectivity index (χ3n) is 2.53. The average molecular weight is 440 g/mol. The topological polar surface area (TPSA) is 87.7 Å². The lowest BCUT2D eigenvalue weighted by atomic mass is 10.1. The Labute approximate surface area is 133 Å². The molecule has 0 aliphatic rings. The van der Waals surface area contributed by atoms with E-state index in [1.54, 1.807) is 6.07 Å². The molecule has 1 amide bonds. The molecular formula is C12H15BrIN3O2. The zero-order valence-electron chi connectivity index (χ0n) is 10.4. The van der Waals surface area contributed by atoms with Crippen LogP contribution < -0.4 is 11.1 Å². The van der Waals surface area contributed by atoms with E-state index in [0.29, 0.717) is 12.0 Å². The van der Waals surface area contributed by atoms with Gasteiger partial charge in [-0.25, -0.2) is 0 Å². The molecule has 1 aromatic carbocycles. The molecule has 5 nitrogen and oxygen atoms in total. The summed E-state index contributed by atoms with van der Waals surface area (Å²) in [6.07, 6.45) is 1.43. The highest BCUT2D eigenvalue weighted by molar-refractivity contribution is 14.1. The van der Waals surface area contributed by atoms with Crippen LogP contribution in [0.4, 0.5) is 0 Å². The van der Waals surface area contributed by atoms with Gasteiger partial charge in [-0.2, -0.15) is 0 Å². The molecule has 7 heteroatoms. The SMILES string of the molecule is CCCC(NC(=O)c1cc(Br)ccc1I)/C(N)=N/O. The van der Waals surface area contributed by atoms with Crippen LogP contribution in [0.25, 0.3) is 0 Å². The summed E-state index contributed by atoms with van der Waals surface area (Å²) in [4.78, 5) is 12.2. The van der Waals surface area contributed by atoms with Gasteiger partial charge in [-0.15, -0.1) is 0 Å². The second kappa shape index (κ2) is 7.68. The molecule has 0 aromatic heterocycles. The normalized spacial score (nSPS) is 13.1. The summed E-state index contributed by atoms with van der Waals surface area (Å²) in [5.41, 5.74) is 6.13. The second-order valence-corrected chi connectivity index (χ2v) is 6.04. The Bertz CT molecular complexity index is 494. The Morgan fingerprint density at radius 1 is 1.63 bits per heavy atom. The maximum Gasteiger partial charge on any atom is 0.252 e. The molecule has 0 heterocycles. The van der Waals surface area contributed by atoms with Crippen molar-refractivity contribution in [1.82, 2.24) is 5.32 Å². The number of rotatable bonds is 5. The van der Waals surface area contributed by atoms with E-state index in [1.165, 1.54) is 0 Å². The van der Waals surface area contributed by atoms with Crippen molar-refractivity contribution in [2.75, 3.05) is 0 Å². The predicted octanol–water partition coefficient (Wildman–Crippen LogP) is 2.70. The largest absolute Gasteiger partial charge is 0.409 e. The van der Waals surface area contributed by atoms with Gasteiger partial charge in [0.1, 0.15) is 0 Å². The van der Waals surface area contributed by atoms with Gasteiger partial charge in [-0.05, 0) is 47.2 Å². The maximum absolute atomic E-state index is 12.2. The molecule has 1 atom stereocenters. The molecule has 0 spiro atoms. The molecule has 0 radical (unpaired) electrons. The van der Waals surface area contributed by atoms with Gasteiger partial charge in [-0.3, -0.25) is 4.79 Å². The summed E-state index contributed by atoms with van der Waals surface area (Å²) in [5.74, 6) is -0.226. The molecule has 0 aliphatic carbocycles. The highest BCUT2D eigenvalue weighted by Crippen LogP contribution is 2.18. The highest BCUT2D eigenvalue weighted by Gasteiger charge is 2.18. The van der Waals surface area contributed by atoms with E-state index < -0.39 is 6.04 Å². The van der Waals surface area contributed by atoms with Gasteiger partial charge in [0.15, 0.2) is 5.84 Å². The number of hydrogen-bond donors (Lipinski definition) is 3. The number of carbonyl (C=O) groups excluding carboxylic acids is 1. The third-order valence-corrected chi connectivity index (χ3v) is 3.96. The quantitative estimate of drug-likeness (QED) is 0.217. The number of nitrogens with two attached hydrogens (primary N) is 1. The second-order valence-electron chi connectivity index (χ2n) is 3.96. The number of hydrogen-bond acceptors (Lipinski definition) is 3. The van der Waals surface area contributed by atoms with Crippen LogP contribution in [-0.4, -0.2) is 23.0 Å². The van der Waals surface area contributed by atoms with Crippen molar-refractivity contribution in [2.24, 2.45) is 10.9 Å². The first-order valence-corrected chi connectivity index (χ1v) is 7.60. The van der Waals surface area contributed by atoms with E-state index in [4.69, 9.17) is 10.9 Å². The monoisotopic (exact) mass is 439 g/mol.